The fraction of sp³-hybridized carbons (Fsp3) is 0.281. The number of nitrogens with zero attached hydrogens (tertiary/aromatic N) is 2. The summed E-state index contributed by atoms with van der Waals surface area (Å²) in [6.45, 7) is 4.57. The normalized spacial score (nSPS) is 15.5. The Morgan fingerprint density at radius 1 is 1.00 bits per heavy atom. The van der Waals surface area contributed by atoms with E-state index in [0.29, 0.717) is 36.5 Å². The van der Waals surface area contributed by atoms with Gasteiger partial charge in [0.1, 0.15) is 18.0 Å². The largest absolute Gasteiger partial charge is 0.497 e. The number of amides is 3. The summed E-state index contributed by atoms with van der Waals surface area (Å²) >= 11 is 0. The number of hydrogen-bond acceptors (Lipinski definition) is 4. The predicted molar refractivity (Wildman–Crippen MR) is 154 cm³/mol. The van der Waals surface area contributed by atoms with E-state index < -0.39 is 0 Å². The maximum atomic E-state index is 13.6. The summed E-state index contributed by atoms with van der Waals surface area (Å²) in [5.74, 6) is 0.224. The lowest BCUT2D eigenvalue weighted by Crippen LogP contribution is -2.58. The zero-order valence-electron chi connectivity index (χ0n) is 23.0. The minimum Gasteiger partial charge on any atom is -0.497 e. The molecule has 0 saturated carbocycles. The van der Waals surface area contributed by atoms with Gasteiger partial charge in [-0.15, -0.1) is 0 Å². The summed E-state index contributed by atoms with van der Waals surface area (Å²) in [6, 6.07) is 24.5. The van der Waals surface area contributed by atoms with Crippen LogP contribution in [0.3, 0.4) is 0 Å². The van der Waals surface area contributed by atoms with Crippen LogP contribution in [0.1, 0.15) is 45.8 Å². The lowest BCUT2D eigenvalue weighted by Gasteiger charge is -2.41. The fourth-order valence-electron chi connectivity index (χ4n) is 5.18. The molecule has 0 spiro atoms. The van der Waals surface area contributed by atoms with E-state index in [-0.39, 0.29) is 36.3 Å². The molecule has 1 atom stereocenters. The first-order valence-electron chi connectivity index (χ1n) is 13.5. The average molecular weight is 539 g/mol. The number of aromatic nitrogens is 1. The van der Waals surface area contributed by atoms with E-state index in [4.69, 9.17) is 4.74 Å². The van der Waals surface area contributed by atoms with Crippen LogP contribution in [0, 0.1) is 0 Å². The van der Waals surface area contributed by atoms with Crippen molar-refractivity contribution in [3.05, 3.63) is 101 Å². The Labute approximate surface area is 233 Å². The molecule has 1 saturated heterocycles. The number of hydrogen-bond donors (Lipinski definition) is 2. The summed E-state index contributed by atoms with van der Waals surface area (Å²) in [5, 5.41) is 3.79. The maximum absolute atomic E-state index is 13.6. The van der Waals surface area contributed by atoms with Crippen LogP contribution in [0.4, 0.5) is 0 Å². The summed E-state index contributed by atoms with van der Waals surface area (Å²) in [6.07, 6.45) is 0.605. The van der Waals surface area contributed by atoms with Crippen molar-refractivity contribution in [2.75, 3.05) is 20.2 Å². The van der Waals surface area contributed by atoms with Gasteiger partial charge in [0, 0.05) is 35.6 Å². The van der Waals surface area contributed by atoms with Gasteiger partial charge in [0.15, 0.2) is 0 Å². The van der Waals surface area contributed by atoms with Crippen molar-refractivity contribution in [3.63, 3.8) is 0 Å². The molecular formula is C32H34N4O4. The van der Waals surface area contributed by atoms with E-state index in [2.05, 4.69) is 10.3 Å². The Hall–Kier alpha value is -4.59. The molecule has 40 heavy (non-hydrogen) atoms. The third-order valence-corrected chi connectivity index (χ3v) is 7.14. The number of carbonyl (C=O) groups excluding carboxylic acids is 3. The highest BCUT2D eigenvalue weighted by molar-refractivity contribution is 6.00. The first-order valence-corrected chi connectivity index (χ1v) is 13.5. The fourth-order valence-corrected chi connectivity index (χ4v) is 5.18. The number of fused-ring (bicyclic) bond motifs is 1. The van der Waals surface area contributed by atoms with Crippen LogP contribution in [0.5, 0.6) is 5.75 Å². The number of ether oxygens (including phenoxy) is 1. The monoisotopic (exact) mass is 538 g/mol. The molecule has 3 aromatic carbocycles. The first kappa shape index (κ1) is 27.0. The van der Waals surface area contributed by atoms with Gasteiger partial charge in [0.25, 0.3) is 11.8 Å². The van der Waals surface area contributed by atoms with Gasteiger partial charge in [0.05, 0.1) is 13.2 Å². The third-order valence-electron chi connectivity index (χ3n) is 7.14. The molecule has 0 bridgehead atoms. The molecule has 0 radical (unpaired) electrons. The van der Waals surface area contributed by atoms with Crippen molar-refractivity contribution in [3.8, 4) is 5.75 Å². The molecule has 0 aliphatic carbocycles. The average Bonchev–Trinajstić information content (AvgIpc) is 3.38. The molecule has 206 valence electrons. The lowest BCUT2D eigenvalue weighted by molar-refractivity contribution is -0.139. The molecule has 3 amide bonds. The number of aromatic amines is 1. The Kier molecular flexibility index (Phi) is 7.86. The Morgan fingerprint density at radius 3 is 2.52 bits per heavy atom. The van der Waals surface area contributed by atoms with Crippen molar-refractivity contribution >= 4 is 28.6 Å². The van der Waals surface area contributed by atoms with Crippen LogP contribution in [0.2, 0.25) is 0 Å². The lowest BCUT2D eigenvalue weighted by atomic mass is 10.00. The SMILES string of the molecule is COc1ccc2[nH]c(C(=O)N3CC(=O)N(Cc4cccc(C(=O)NC(C)C)c4)[C@@H](Cc4ccccc4)C3)cc2c1. The molecule has 1 aromatic heterocycles. The zero-order chi connectivity index (χ0) is 28.2. The van der Waals surface area contributed by atoms with Crippen molar-refractivity contribution in [1.82, 2.24) is 20.1 Å². The van der Waals surface area contributed by atoms with Gasteiger partial charge in [-0.25, -0.2) is 0 Å². The molecule has 8 heteroatoms. The van der Waals surface area contributed by atoms with Gasteiger partial charge in [-0.2, -0.15) is 0 Å². The quantitative estimate of drug-likeness (QED) is 0.348. The minimum atomic E-state index is -0.231. The van der Waals surface area contributed by atoms with Gasteiger partial charge >= 0.3 is 0 Å². The van der Waals surface area contributed by atoms with Crippen LogP contribution >= 0.6 is 0 Å². The van der Waals surface area contributed by atoms with Crippen LogP contribution in [-0.2, 0) is 17.8 Å². The van der Waals surface area contributed by atoms with E-state index in [1.165, 1.54) is 0 Å². The summed E-state index contributed by atoms with van der Waals surface area (Å²) in [4.78, 5) is 46.4. The predicted octanol–water partition coefficient (Wildman–Crippen LogP) is 4.41. The van der Waals surface area contributed by atoms with E-state index in [0.717, 1.165) is 22.0 Å². The molecule has 0 unspecified atom stereocenters. The second-order valence-electron chi connectivity index (χ2n) is 10.5. The number of carbonyl (C=O) groups is 3. The topological polar surface area (TPSA) is 94.7 Å². The molecule has 1 aliphatic rings. The molecule has 2 heterocycles. The Balaban J connectivity index is 1.39. The van der Waals surface area contributed by atoms with Crippen LogP contribution < -0.4 is 10.1 Å². The minimum absolute atomic E-state index is 0.0175. The van der Waals surface area contributed by atoms with Crippen LogP contribution in [0.25, 0.3) is 10.9 Å². The van der Waals surface area contributed by atoms with E-state index in [1.54, 1.807) is 24.1 Å². The van der Waals surface area contributed by atoms with Gasteiger partial charge in [-0.3, -0.25) is 14.4 Å². The second kappa shape index (κ2) is 11.7. The van der Waals surface area contributed by atoms with Gasteiger partial charge in [-0.05, 0) is 67.8 Å². The Morgan fingerprint density at radius 2 is 1.77 bits per heavy atom. The van der Waals surface area contributed by atoms with Gasteiger partial charge in [-0.1, -0.05) is 42.5 Å². The number of nitrogens with one attached hydrogen (secondary N) is 2. The zero-order valence-corrected chi connectivity index (χ0v) is 23.0. The second-order valence-corrected chi connectivity index (χ2v) is 10.5. The van der Waals surface area contributed by atoms with Gasteiger partial charge in [0.2, 0.25) is 5.91 Å². The summed E-state index contributed by atoms with van der Waals surface area (Å²) in [7, 11) is 1.61. The summed E-state index contributed by atoms with van der Waals surface area (Å²) in [5.41, 5.74) is 3.78. The number of benzene rings is 3. The van der Waals surface area contributed by atoms with Gasteiger partial charge < -0.3 is 24.8 Å². The van der Waals surface area contributed by atoms with Crippen molar-refractivity contribution < 1.29 is 19.1 Å². The van der Waals surface area contributed by atoms with Crippen LogP contribution in [0.15, 0.2) is 78.9 Å². The molecule has 2 N–H and O–H groups in total. The highest BCUT2D eigenvalue weighted by atomic mass is 16.5. The molecule has 4 aromatic rings. The standard InChI is InChI=1S/C32H34N4O4/c1-21(2)33-31(38)24-11-7-10-23(14-24)18-36-26(15-22-8-5-4-6-9-22)19-35(20-30(36)37)32(39)29-17-25-16-27(40-3)12-13-28(25)34-29/h4-14,16-17,21,26,34H,15,18-20H2,1-3H3,(H,33,38)/t26-/m0/s1. The summed E-state index contributed by atoms with van der Waals surface area (Å²) < 4.78 is 5.31. The highest BCUT2D eigenvalue weighted by Crippen LogP contribution is 2.25. The molecule has 8 nitrogen and oxygen atoms in total. The van der Waals surface area contributed by atoms with Crippen LogP contribution in [-0.4, -0.2) is 64.8 Å². The van der Waals surface area contributed by atoms with E-state index >= 15 is 0 Å². The Bertz CT molecular complexity index is 1530. The van der Waals surface area contributed by atoms with E-state index in [1.807, 2.05) is 85.5 Å². The number of rotatable bonds is 8. The highest BCUT2D eigenvalue weighted by Gasteiger charge is 2.35. The first-order chi connectivity index (χ1) is 19.3. The van der Waals surface area contributed by atoms with Crippen molar-refractivity contribution in [1.29, 1.82) is 0 Å². The van der Waals surface area contributed by atoms with E-state index in [9.17, 15) is 14.4 Å². The maximum Gasteiger partial charge on any atom is 0.270 e. The number of methoxy groups -OCH3 is 1. The number of piperazine rings is 1. The van der Waals surface area contributed by atoms with Crippen molar-refractivity contribution in [2.45, 2.75) is 38.9 Å². The molecule has 5 rings (SSSR count). The van der Waals surface area contributed by atoms with Crippen molar-refractivity contribution in [2.24, 2.45) is 0 Å². The smallest absolute Gasteiger partial charge is 0.270 e. The third kappa shape index (κ3) is 6.01. The molecule has 1 fully saturated rings. The number of H-pyrrole nitrogens is 1. The molecule has 1 aliphatic heterocycles. The molecular weight excluding hydrogens is 504 g/mol.